The molecule has 0 amide bonds. The van der Waals surface area contributed by atoms with Crippen LogP contribution in [0.5, 0.6) is 0 Å². The summed E-state index contributed by atoms with van der Waals surface area (Å²) in [6.07, 6.45) is 7.47. The van der Waals surface area contributed by atoms with Crippen molar-refractivity contribution in [1.82, 2.24) is 15.1 Å². The number of hydrogen-bond acceptors (Lipinski definition) is 2. The molecule has 0 atom stereocenters. The molecule has 1 heterocycles. The van der Waals surface area contributed by atoms with Crippen LogP contribution in [0.4, 0.5) is 0 Å². The van der Waals surface area contributed by atoms with Crippen LogP contribution in [0.2, 0.25) is 0 Å². The van der Waals surface area contributed by atoms with Gasteiger partial charge >= 0.3 is 0 Å². The van der Waals surface area contributed by atoms with Crippen LogP contribution >= 0.6 is 0 Å². The quantitative estimate of drug-likeness (QED) is 0.855. The fourth-order valence-corrected chi connectivity index (χ4v) is 3.46. The normalized spacial score (nSPS) is 23.2. The van der Waals surface area contributed by atoms with E-state index in [9.17, 15) is 0 Å². The molecule has 1 aromatic rings. The summed E-state index contributed by atoms with van der Waals surface area (Å²) in [5.74, 6) is 0.902. The molecule has 20 heavy (non-hydrogen) atoms. The van der Waals surface area contributed by atoms with Crippen LogP contribution in [0.15, 0.2) is 0 Å². The molecule has 0 spiro atoms. The van der Waals surface area contributed by atoms with E-state index < -0.39 is 0 Å². The highest BCUT2D eigenvalue weighted by atomic mass is 15.3. The van der Waals surface area contributed by atoms with Crippen molar-refractivity contribution in [3.05, 3.63) is 17.0 Å². The fraction of sp³-hybridized carbons (Fsp3) is 0.824. The van der Waals surface area contributed by atoms with E-state index in [4.69, 9.17) is 5.10 Å². The number of hydrogen-bond donors (Lipinski definition) is 1. The van der Waals surface area contributed by atoms with Gasteiger partial charge in [0.2, 0.25) is 0 Å². The van der Waals surface area contributed by atoms with Gasteiger partial charge in [-0.1, -0.05) is 27.7 Å². The van der Waals surface area contributed by atoms with Gasteiger partial charge in [0.25, 0.3) is 0 Å². The Morgan fingerprint density at radius 2 is 1.80 bits per heavy atom. The van der Waals surface area contributed by atoms with Crippen molar-refractivity contribution in [3.63, 3.8) is 0 Å². The summed E-state index contributed by atoms with van der Waals surface area (Å²) in [7, 11) is 0. The number of aryl methyl sites for hydroxylation is 1. The molecule has 0 bridgehead atoms. The lowest BCUT2D eigenvalue weighted by molar-refractivity contribution is 0.268. The van der Waals surface area contributed by atoms with Crippen LogP contribution in [0.3, 0.4) is 0 Å². The van der Waals surface area contributed by atoms with E-state index in [0.717, 1.165) is 31.8 Å². The van der Waals surface area contributed by atoms with Gasteiger partial charge in [0.05, 0.1) is 11.7 Å². The van der Waals surface area contributed by atoms with E-state index in [1.165, 1.54) is 42.6 Å². The van der Waals surface area contributed by atoms with Gasteiger partial charge in [-0.3, -0.25) is 4.68 Å². The minimum atomic E-state index is 0.641. The van der Waals surface area contributed by atoms with Crippen LogP contribution in [-0.4, -0.2) is 16.3 Å². The van der Waals surface area contributed by atoms with E-state index in [2.05, 4.69) is 37.7 Å². The minimum absolute atomic E-state index is 0.641. The number of aromatic nitrogens is 2. The van der Waals surface area contributed by atoms with Gasteiger partial charge < -0.3 is 5.32 Å². The lowest BCUT2D eigenvalue weighted by Gasteiger charge is -2.27. The second kappa shape index (κ2) is 7.26. The Bertz CT molecular complexity index is 414. The van der Waals surface area contributed by atoms with Crippen LogP contribution in [0.25, 0.3) is 0 Å². The van der Waals surface area contributed by atoms with Gasteiger partial charge in [0.15, 0.2) is 0 Å². The van der Waals surface area contributed by atoms with Crippen molar-refractivity contribution >= 4 is 0 Å². The third-order valence-corrected chi connectivity index (χ3v) is 4.75. The Balaban J connectivity index is 2.25. The number of nitrogens with one attached hydrogen (secondary N) is 1. The standard InChI is InChI=1S/C17H31N3/c1-5-16-15(12-18-7-3)17(6-2)20(19-16)14-10-8-13(4)9-11-14/h13-14,18H,5-12H2,1-4H3. The topological polar surface area (TPSA) is 29.9 Å². The Hall–Kier alpha value is -0.830. The van der Waals surface area contributed by atoms with E-state index >= 15 is 0 Å². The highest BCUT2D eigenvalue weighted by molar-refractivity contribution is 5.27. The molecular weight excluding hydrogens is 246 g/mol. The second-order valence-corrected chi connectivity index (χ2v) is 6.22. The first kappa shape index (κ1) is 15.6. The predicted molar refractivity (Wildman–Crippen MR) is 85.0 cm³/mol. The summed E-state index contributed by atoms with van der Waals surface area (Å²) in [6.45, 7) is 11.1. The van der Waals surface area contributed by atoms with Crippen molar-refractivity contribution in [2.75, 3.05) is 6.54 Å². The molecule has 1 aliphatic carbocycles. The molecule has 0 unspecified atom stereocenters. The lowest BCUT2D eigenvalue weighted by atomic mass is 9.87. The average Bonchev–Trinajstić information content (AvgIpc) is 2.83. The van der Waals surface area contributed by atoms with Crippen LogP contribution in [0.1, 0.15) is 76.4 Å². The Kier molecular flexibility index (Phi) is 5.64. The summed E-state index contributed by atoms with van der Waals surface area (Å²) < 4.78 is 2.39. The summed E-state index contributed by atoms with van der Waals surface area (Å²) in [4.78, 5) is 0. The highest BCUT2D eigenvalue weighted by Crippen LogP contribution is 2.33. The van der Waals surface area contributed by atoms with Gasteiger partial charge in [-0.2, -0.15) is 5.10 Å². The zero-order chi connectivity index (χ0) is 14.5. The second-order valence-electron chi connectivity index (χ2n) is 6.22. The zero-order valence-electron chi connectivity index (χ0n) is 13.7. The van der Waals surface area contributed by atoms with Crippen molar-refractivity contribution in [2.45, 2.75) is 78.8 Å². The molecule has 1 aliphatic rings. The molecule has 2 rings (SSSR count). The molecule has 1 fully saturated rings. The summed E-state index contributed by atoms with van der Waals surface area (Å²) in [6, 6.07) is 0.641. The molecule has 0 radical (unpaired) electrons. The van der Waals surface area contributed by atoms with Gasteiger partial charge in [-0.15, -0.1) is 0 Å². The zero-order valence-corrected chi connectivity index (χ0v) is 13.7. The summed E-state index contributed by atoms with van der Waals surface area (Å²) in [5, 5.41) is 8.46. The maximum absolute atomic E-state index is 4.98. The molecule has 3 heteroatoms. The van der Waals surface area contributed by atoms with Crippen LogP contribution < -0.4 is 5.32 Å². The Morgan fingerprint density at radius 3 is 2.35 bits per heavy atom. The third-order valence-electron chi connectivity index (χ3n) is 4.75. The van der Waals surface area contributed by atoms with Crippen molar-refractivity contribution in [3.8, 4) is 0 Å². The molecule has 0 aromatic carbocycles. The first-order valence-corrected chi connectivity index (χ1v) is 8.50. The van der Waals surface area contributed by atoms with Gasteiger partial charge in [0.1, 0.15) is 0 Å². The predicted octanol–water partition coefficient (Wildman–Crippen LogP) is 3.87. The van der Waals surface area contributed by atoms with Crippen molar-refractivity contribution < 1.29 is 0 Å². The van der Waals surface area contributed by atoms with Gasteiger partial charge in [0, 0.05) is 17.8 Å². The maximum Gasteiger partial charge on any atom is 0.0669 e. The smallest absolute Gasteiger partial charge is 0.0669 e. The SMILES string of the molecule is CCNCc1c(CC)nn(C2CCC(C)CC2)c1CC. The summed E-state index contributed by atoms with van der Waals surface area (Å²) in [5.41, 5.74) is 4.25. The summed E-state index contributed by atoms with van der Waals surface area (Å²) >= 11 is 0. The maximum atomic E-state index is 4.98. The Labute approximate surface area is 124 Å². The lowest BCUT2D eigenvalue weighted by Crippen LogP contribution is -2.20. The first-order chi connectivity index (χ1) is 9.71. The largest absolute Gasteiger partial charge is 0.313 e. The first-order valence-electron chi connectivity index (χ1n) is 8.50. The number of rotatable bonds is 6. The van der Waals surface area contributed by atoms with Crippen LogP contribution in [0, 0.1) is 5.92 Å². The Morgan fingerprint density at radius 1 is 1.10 bits per heavy atom. The highest BCUT2D eigenvalue weighted by Gasteiger charge is 2.24. The third kappa shape index (κ3) is 3.25. The molecule has 1 N–H and O–H groups in total. The van der Waals surface area contributed by atoms with Gasteiger partial charge in [-0.05, 0) is 51.0 Å². The van der Waals surface area contributed by atoms with Crippen molar-refractivity contribution in [2.24, 2.45) is 5.92 Å². The minimum Gasteiger partial charge on any atom is -0.313 e. The monoisotopic (exact) mass is 277 g/mol. The fourth-order valence-electron chi connectivity index (χ4n) is 3.46. The van der Waals surface area contributed by atoms with E-state index in [1.807, 2.05) is 0 Å². The van der Waals surface area contributed by atoms with Gasteiger partial charge in [-0.25, -0.2) is 0 Å². The van der Waals surface area contributed by atoms with E-state index in [0.29, 0.717) is 6.04 Å². The average molecular weight is 277 g/mol. The molecular formula is C17H31N3. The van der Waals surface area contributed by atoms with Crippen LogP contribution in [-0.2, 0) is 19.4 Å². The molecule has 0 saturated heterocycles. The van der Waals surface area contributed by atoms with Crippen molar-refractivity contribution in [1.29, 1.82) is 0 Å². The molecule has 1 saturated carbocycles. The van der Waals surface area contributed by atoms with E-state index in [1.54, 1.807) is 0 Å². The molecule has 0 aliphatic heterocycles. The van der Waals surface area contributed by atoms with E-state index in [-0.39, 0.29) is 0 Å². The number of nitrogens with zero attached hydrogens (tertiary/aromatic N) is 2. The molecule has 3 nitrogen and oxygen atoms in total. The molecule has 1 aromatic heterocycles. The molecule has 114 valence electrons.